The van der Waals surface area contributed by atoms with Crippen molar-refractivity contribution in [3.05, 3.63) is 27.6 Å². The number of anilines is 1. The lowest BCUT2D eigenvalue weighted by Gasteiger charge is -2.45. The van der Waals surface area contributed by atoms with Crippen molar-refractivity contribution in [1.29, 1.82) is 0 Å². The van der Waals surface area contributed by atoms with Crippen LogP contribution in [-0.4, -0.2) is 25.2 Å². The molecule has 21 heavy (non-hydrogen) atoms. The van der Waals surface area contributed by atoms with E-state index in [1.807, 2.05) is 6.07 Å². The van der Waals surface area contributed by atoms with Crippen LogP contribution >= 0.6 is 22.6 Å². The molecule has 1 N–H and O–H groups in total. The van der Waals surface area contributed by atoms with Gasteiger partial charge in [-0.25, -0.2) is 4.39 Å². The number of nitrogens with zero attached hydrogens (tertiary/aromatic N) is 1. The maximum atomic E-state index is 13.4. The van der Waals surface area contributed by atoms with Gasteiger partial charge in [0.25, 0.3) is 0 Å². The molecular formula is C17H26FIN2. The van der Waals surface area contributed by atoms with Crippen molar-refractivity contribution in [2.75, 3.05) is 18.0 Å². The average Bonchev–Trinajstić information content (AvgIpc) is 2.45. The van der Waals surface area contributed by atoms with Crippen LogP contribution < -0.4 is 10.2 Å². The van der Waals surface area contributed by atoms with Gasteiger partial charge in [0.05, 0.1) is 5.69 Å². The van der Waals surface area contributed by atoms with Gasteiger partial charge in [0.1, 0.15) is 5.82 Å². The Labute approximate surface area is 141 Å². The minimum Gasteiger partial charge on any atom is -0.365 e. The molecule has 2 nitrogen and oxygen atoms in total. The summed E-state index contributed by atoms with van der Waals surface area (Å²) in [5, 5.41) is 3.71. The van der Waals surface area contributed by atoms with Crippen LogP contribution in [0.3, 0.4) is 0 Å². The predicted octanol–water partition coefficient (Wildman–Crippen LogP) is 4.28. The molecule has 1 saturated heterocycles. The molecule has 0 aliphatic carbocycles. The monoisotopic (exact) mass is 404 g/mol. The van der Waals surface area contributed by atoms with E-state index in [0.717, 1.165) is 16.7 Å². The molecule has 0 radical (unpaired) electrons. The maximum absolute atomic E-state index is 13.4. The van der Waals surface area contributed by atoms with Gasteiger partial charge in [0.15, 0.2) is 0 Å². The second-order valence-electron chi connectivity index (χ2n) is 6.46. The normalized spacial score (nSPS) is 24.4. The molecule has 3 unspecified atom stereocenters. The Kier molecular flexibility index (Phi) is 5.88. The van der Waals surface area contributed by atoms with Gasteiger partial charge in [-0.3, -0.25) is 0 Å². The summed E-state index contributed by atoms with van der Waals surface area (Å²) < 4.78 is 14.4. The summed E-state index contributed by atoms with van der Waals surface area (Å²) in [5.74, 6) is 1.06. The minimum absolute atomic E-state index is 0.155. The van der Waals surface area contributed by atoms with Crippen molar-refractivity contribution in [2.24, 2.45) is 11.8 Å². The summed E-state index contributed by atoms with van der Waals surface area (Å²) >= 11 is 2.25. The zero-order chi connectivity index (χ0) is 15.6. The maximum Gasteiger partial charge on any atom is 0.124 e. The molecule has 0 aromatic heterocycles. The summed E-state index contributed by atoms with van der Waals surface area (Å²) in [6, 6.07) is 6.11. The molecule has 1 fully saturated rings. The molecule has 4 heteroatoms. The largest absolute Gasteiger partial charge is 0.365 e. The third-order valence-corrected chi connectivity index (χ3v) is 5.57. The molecule has 118 valence electrons. The first-order chi connectivity index (χ1) is 9.93. The average molecular weight is 404 g/mol. The molecule has 1 aliphatic heterocycles. The lowest BCUT2D eigenvalue weighted by molar-refractivity contribution is 0.281. The van der Waals surface area contributed by atoms with Crippen molar-refractivity contribution in [2.45, 2.75) is 46.2 Å². The Morgan fingerprint density at radius 3 is 2.67 bits per heavy atom. The lowest BCUT2D eigenvalue weighted by atomic mass is 9.91. The van der Waals surface area contributed by atoms with E-state index in [1.54, 1.807) is 12.1 Å². The number of hydrogen-bond acceptors (Lipinski definition) is 2. The quantitative estimate of drug-likeness (QED) is 0.754. The number of hydrogen-bond donors (Lipinski definition) is 1. The number of rotatable bonds is 4. The van der Waals surface area contributed by atoms with Gasteiger partial charge in [-0.05, 0) is 52.6 Å². The predicted molar refractivity (Wildman–Crippen MR) is 96.3 cm³/mol. The topological polar surface area (TPSA) is 15.3 Å². The summed E-state index contributed by atoms with van der Waals surface area (Å²) in [6.07, 6.45) is 1.18. The van der Waals surface area contributed by atoms with Crippen molar-refractivity contribution in [3.8, 4) is 0 Å². The van der Waals surface area contributed by atoms with Crippen LogP contribution in [0.25, 0.3) is 0 Å². The minimum atomic E-state index is -0.155. The molecule has 0 amide bonds. The van der Waals surface area contributed by atoms with Crippen molar-refractivity contribution < 1.29 is 4.39 Å². The second kappa shape index (κ2) is 7.27. The Balaban J connectivity index is 2.29. The van der Waals surface area contributed by atoms with Crippen LogP contribution in [0.1, 0.15) is 34.1 Å². The molecule has 1 aromatic carbocycles. The number of benzene rings is 1. The second-order valence-corrected chi connectivity index (χ2v) is 7.62. The van der Waals surface area contributed by atoms with Crippen LogP contribution in [-0.2, 0) is 0 Å². The Morgan fingerprint density at radius 1 is 1.38 bits per heavy atom. The van der Waals surface area contributed by atoms with Gasteiger partial charge in [0, 0.05) is 28.7 Å². The third-order valence-electron chi connectivity index (χ3n) is 4.70. The molecule has 3 atom stereocenters. The highest BCUT2D eigenvalue weighted by molar-refractivity contribution is 14.1. The van der Waals surface area contributed by atoms with Crippen LogP contribution in [0.2, 0.25) is 0 Å². The van der Waals surface area contributed by atoms with Crippen LogP contribution in [0.4, 0.5) is 10.1 Å². The van der Waals surface area contributed by atoms with Gasteiger partial charge >= 0.3 is 0 Å². The van der Waals surface area contributed by atoms with Gasteiger partial charge in [-0.15, -0.1) is 0 Å². The van der Waals surface area contributed by atoms with Crippen LogP contribution in [0.5, 0.6) is 0 Å². The first-order valence-electron chi connectivity index (χ1n) is 7.89. The van der Waals surface area contributed by atoms with Crippen molar-refractivity contribution in [1.82, 2.24) is 5.32 Å². The first kappa shape index (κ1) is 17.0. The lowest BCUT2D eigenvalue weighted by Crippen LogP contribution is -2.60. The van der Waals surface area contributed by atoms with Crippen molar-refractivity contribution in [3.63, 3.8) is 0 Å². The van der Waals surface area contributed by atoms with E-state index in [4.69, 9.17) is 0 Å². The Hall–Kier alpha value is -0.360. The third kappa shape index (κ3) is 3.89. The summed E-state index contributed by atoms with van der Waals surface area (Å²) in [5.41, 5.74) is 1.17. The van der Waals surface area contributed by atoms with E-state index in [2.05, 4.69) is 60.5 Å². The van der Waals surface area contributed by atoms with Crippen LogP contribution in [0.15, 0.2) is 18.2 Å². The molecule has 0 spiro atoms. The zero-order valence-corrected chi connectivity index (χ0v) is 15.5. The van der Waals surface area contributed by atoms with E-state index < -0.39 is 0 Å². The summed E-state index contributed by atoms with van der Waals surface area (Å²) in [4.78, 5) is 2.49. The number of halogens is 2. The van der Waals surface area contributed by atoms with E-state index >= 15 is 0 Å². The zero-order valence-electron chi connectivity index (χ0n) is 13.4. The molecule has 1 heterocycles. The fourth-order valence-electron chi connectivity index (χ4n) is 3.05. The molecule has 1 aromatic rings. The Morgan fingerprint density at radius 2 is 2.10 bits per heavy atom. The first-order valence-corrected chi connectivity index (χ1v) is 8.97. The Bertz CT molecular complexity index is 478. The number of piperazine rings is 1. The molecule has 1 aliphatic rings. The van der Waals surface area contributed by atoms with E-state index in [9.17, 15) is 4.39 Å². The molecule has 2 rings (SSSR count). The van der Waals surface area contributed by atoms with Crippen molar-refractivity contribution >= 4 is 28.3 Å². The highest BCUT2D eigenvalue weighted by atomic mass is 127. The standard InChI is InChI=1S/C17H26FIN2/c1-5-12(4)15-10-21(17(9-20-15)11(2)3)16-7-6-13(18)8-14(16)19/h6-8,11-12,15,17,20H,5,9-10H2,1-4H3. The highest BCUT2D eigenvalue weighted by Crippen LogP contribution is 2.30. The van der Waals surface area contributed by atoms with Gasteiger partial charge < -0.3 is 10.2 Å². The fraction of sp³-hybridized carbons (Fsp3) is 0.647. The number of nitrogens with one attached hydrogen (secondary N) is 1. The SMILES string of the molecule is CCC(C)C1CN(c2ccc(F)cc2I)C(C(C)C)CN1. The van der Waals surface area contributed by atoms with Gasteiger partial charge in [-0.1, -0.05) is 34.1 Å². The van der Waals surface area contributed by atoms with E-state index in [-0.39, 0.29) is 5.82 Å². The van der Waals surface area contributed by atoms with Gasteiger partial charge in [-0.2, -0.15) is 0 Å². The molecular weight excluding hydrogens is 378 g/mol. The van der Waals surface area contributed by atoms with Crippen LogP contribution in [0, 0.1) is 21.2 Å². The smallest absolute Gasteiger partial charge is 0.124 e. The summed E-state index contributed by atoms with van der Waals surface area (Å²) in [7, 11) is 0. The molecule has 0 saturated carbocycles. The fourth-order valence-corrected chi connectivity index (χ4v) is 3.83. The highest BCUT2D eigenvalue weighted by Gasteiger charge is 2.32. The molecule has 0 bridgehead atoms. The van der Waals surface area contributed by atoms with E-state index in [1.165, 1.54) is 12.1 Å². The summed E-state index contributed by atoms with van der Waals surface area (Å²) in [6.45, 7) is 11.1. The van der Waals surface area contributed by atoms with Gasteiger partial charge in [0.2, 0.25) is 0 Å². The van der Waals surface area contributed by atoms with E-state index in [0.29, 0.717) is 23.9 Å².